The van der Waals surface area contributed by atoms with Gasteiger partial charge in [0.2, 0.25) is 12.7 Å². The summed E-state index contributed by atoms with van der Waals surface area (Å²) in [4.78, 5) is 28.2. The number of fused-ring (bicyclic) bond motifs is 3. The molecule has 2 atom stereocenters. The van der Waals surface area contributed by atoms with Crippen LogP contribution in [0.5, 0.6) is 11.5 Å². The average molecular weight is 383 g/mol. The number of hydrogen-bond acceptors (Lipinski definition) is 4. The van der Waals surface area contributed by atoms with Crippen molar-refractivity contribution in [1.82, 2.24) is 4.90 Å². The van der Waals surface area contributed by atoms with Crippen molar-refractivity contribution in [2.75, 3.05) is 6.79 Å². The van der Waals surface area contributed by atoms with Gasteiger partial charge < -0.3 is 14.4 Å². The van der Waals surface area contributed by atoms with E-state index in [1.165, 1.54) is 12.8 Å². The summed E-state index contributed by atoms with van der Waals surface area (Å²) in [6.45, 7) is 0.892. The lowest BCUT2D eigenvalue weighted by Crippen LogP contribution is -2.46. The third kappa shape index (κ3) is 3.29. The Morgan fingerprint density at radius 3 is 2.43 bits per heavy atom. The van der Waals surface area contributed by atoms with Crippen LogP contribution in [0.2, 0.25) is 0 Å². The summed E-state index contributed by atoms with van der Waals surface area (Å²) in [6.07, 6.45) is 9.20. The highest BCUT2D eigenvalue weighted by Gasteiger charge is 2.43. The molecule has 2 unspecified atom stereocenters. The smallest absolute Gasteiger partial charge is 0.231 e. The maximum Gasteiger partial charge on any atom is 0.231 e. The molecule has 5 nitrogen and oxygen atoms in total. The molecule has 5 heteroatoms. The average Bonchev–Trinajstić information content (AvgIpc) is 3.37. The molecule has 3 fully saturated rings. The minimum Gasteiger partial charge on any atom is -0.454 e. The van der Waals surface area contributed by atoms with Gasteiger partial charge in [-0.25, -0.2) is 0 Å². The van der Waals surface area contributed by atoms with Gasteiger partial charge in [-0.05, 0) is 56.2 Å². The molecule has 0 N–H and O–H groups in total. The molecule has 1 heterocycles. The number of carbonyl (C=O) groups is 2. The van der Waals surface area contributed by atoms with Gasteiger partial charge in [-0.15, -0.1) is 0 Å². The molecule has 28 heavy (non-hydrogen) atoms. The second-order valence-corrected chi connectivity index (χ2v) is 8.99. The van der Waals surface area contributed by atoms with Crippen molar-refractivity contribution in [2.24, 2.45) is 17.8 Å². The zero-order valence-corrected chi connectivity index (χ0v) is 16.4. The Morgan fingerprint density at radius 1 is 0.964 bits per heavy atom. The Morgan fingerprint density at radius 2 is 1.68 bits per heavy atom. The Bertz CT molecular complexity index is 754. The summed E-state index contributed by atoms with van der Waals surface area (Å²) in [5, 5.41) is 0. The van der Waals surface area contributed by atoms with Crippen molar-refractivity contribution >= 4 is 11.7 Å². The van der Waals surface area contributed by atoms with Crippen molar-refractivity contribution in [3.63, 3.8) is 0 Å². The maximum absolute atomic E-state index is 13.6. The van der Waals surface area contributed by atoms with Crippen molar-refractivity contribution in [1.29, 1.82) is 0 Å². The quantitative estimate of drug-likeness (QED) is 0.786. The molecule has 0 radical (unpaired) electrons. The van der Waals surface area contributed by atoms with Crippen LogP contribution in [0.15, 0.2) is 18.2 Å². The van der Waals surface area contributed by atoms with Gasteiger partial charge in [-0.3, -0.25) is 9.59 Å². The Labute approximate surface area is 166 Å². The molecule has 0 aromatic heterocycles. The zero-order chi connectivity index (χ0) is 19.1. The minimum atomic E-state index is 0.0163. The lowest BCUT2D eigenvalue weighted by molar-refractivity contribution is -0.145. The van der Waals surface area contributed by atoms with Crippen LogP contribution in [0.25, 0.3) is 0 Å². The van der Waals surface area contributed by atoms with Gasteiger partial charge in [0, 0.05) is 30.3 Å². The van der Waals surface area contributed by atoms with Crippen LogP contribution in [0.1, 0.15) is 63.4 Å². The Hall–Kier alpha value is -2.04. The van der Waals surface area contributed by atoms with E-state index >= 15 is 0 Å². The summed E-state index contributed by atoms with van der Waals surface area (Å²) >= 11 is 0. The number of amides is 1. The second kappa shape index (κ2) is 7.41. The number of ketones is 1. The van der Waals surface area contributed by atoms with Crippen molar-refractivity contribution < 1.29 is 19.1 Å². The first-order valence-corrected chi connectivity index (χ1v) is 10.9. The summed E-state index contributed by atoms with van der Waals surface area (Å²) in [7, 11) is 0. The van der Waals surface area contributed by atoms with Gasteiger partial charge in [0.25, 0.3) is 0 Å². The molecule has 3 saturated carbocycles. The third-order valence-corrected chi connectivity index (χ3v) is 7.24. The van der Waals surface area contributed by atoms with Crippen LogP contribution in [0, 0.1) is 17.8 Å². The second-order valence-electron chi connectivity index (χ2n) is 8.99. The van der Waals surface area contributed by atoms with Crippen LogP contribution in [0.3, 0.4) is 0 Å². The molecule has 1 aromatic carbocycles. The molecule has 4 aliphatic rings. The number of ether oxygens (including phenoxy) is 2. The van der Waals surface area contributed by atoms with Crippen molar-refractivity contribution in [3.05, 3.63) is 23.8 Å². The van der Waals surface area contributed by atoms with E-state index in [1.54, 1.807) is 0 Å². The summed E-state index contributed by atoms with van der Waals surface area (Å²) in [5.74, 6) is 2.51. The van der Waals surface area contributed by atoms with E-state index in [2.05, 4.69) is 4.90 Å². The van der Waals surface area contributed by atoms with Gasteiger partial charge in [0.05, 0.1) is 0 Å². The molecular formula is C23H29NO4. The molecule has 0 saturated heterocycles. The van der Waals surface area contributed by atoms with Crippen molar-refractivity contribution in [3.8, 4) is 11.5 Å². The molecule has 1 aromatic rings. The van der Waals surface area contributed by atoms with Gasteiger partial charge in [0.1, 0.15) is 5.78 Å². The molecule has 0 spiro atoms. The lowest BCUT2D eigenvalue weighted by Gasteiger charge is -2.40. The van der Waals surface area contributed by atoms with E-state index < -0.39 is 0 Å². The number of hydrogen-bond donors (Lipinski definition) is 0. The molecule has 1 amide bonds. The fourth-order valence-corrected chi connectivity index (χ4v) is 5.75. The Balaban J connectivity index is 1.36. The molecule has 5 rings (SSSR count). The number of Topliss-reactive ketones (excluding diaryl/α,β-unsaturated/α-hetero) is 1. The molecule has 3 aliphatic carbocycles. The standard InChI is InChI=1S/C23H29NO4/c25-22-16-4-3-5-17(22)12-18(11-16)23(26)24(19-6-1-2-7-19)13-15-8-9-20-21(10-15)28-14-27-20/h8-10,16-19H,1-7,11-14H2. The summed E-state index contributed by atoms with van der Waals surface area (Å²) < 4.78 is 10.9. The fourth-order valence-electron chi connectivity index (χ4n) is 5.75. The first kappa shape index (κ1) is 18.0. The third-order valence-electron chi connectivity index (χ3n) is 7.24. The summed E-state index contributed by atoms with van der Waals surface area (Å²) in [5.41, 5.74) is 1.09. The molecule has 2 bridgehead atoms. The van der Waals surface area contributed by atoms with Gasteiger partial charge in [-0.2, -0.15) is 0 Å². The number of nitrogens with zero attached hydrogens (tertiary/aromatic N) is 1. The van der Waals surface area contributed by atoms with E-state index in [1.807, 2.05) is 18.2 Å². The largest absolute Gasteiger partial charge is 0.454 e. The summed E-state index contributed by atoms with van der Waals surface area (Å²) in [6, 6.07) is 6.33. The first-order valence-electron chi connectivity index (χ1n) is 10.9. The molecule has 150 valence electrons. The van der Waals surface area contributed by atoms with Crippen LogP contribution in [-0.2, 0) is 16.1 Å². The topological polar surface area (TPSA) is 55.8 Å². The van der Waals surface area contributed by atoms with Crippen LogP contribution in [0.4, 0.5) is 0 Å². The highest BCUT2D eigenvalue weighted by Crippen LogP contribution is 2.42. The monoisotopic (exact) mass is 383 g/mol. The van der Waals surface area contributed by atoms with Crippen molar-refractivity contribution in [2.45, 2.75) is 70.4 Å². The zero-order valence-electron chi connectivity index (χ0n) is 16.4. The van der Waals surface area contributed by atoms with E-state index in [-0.39, 0.29) is 30.5 Å². The Kier molecular flexibility index (Phi) is 4.77. The number of carbonyl (C=O) groups excluding carboxylic acids is 2. The highest BCUT2D eigenvalue weighted by molar-refractivity contribution is 5.88. The van der Waals surface area contributed by atoms with Gasteiger partial charge in [0.15, 0.2) is 11.5 Å². The highest BCUT2D eigenvalue weighted by atomic mass is 16.7. The maximum atomic E-state index is 13.6. The van der Waals surface area contributed by atoms with E-state index in [4.69, 9.17) is 9.47 Å². The normalized spacial score (nSPS) is 29.1. The fraction of sp³-hybridized carbons (Fsp3) is 0.652. The number of rotatable bonds is 4. The predicted octanol–water partition coefficient (Wildman–Crippen LogP) is 4.08. The minimum absolute atomic E-state index is 0.0163. The van der Waals surface area contributed by atoms with Crippen LogP contribution in [-0.4, -0.2) is 29.4 Å². The van der Waals surface area contributed by atoms with Gasteiger partial charge in [-0.1, -0.05) is 25.3 Å². The lowest BCUT2D eigenvalue weighted by atomic mass is 9.67. The first-order chi connectivity index (χ1) is 13.7. The molecule has 1 aliphatic heterocycles. The number of benzene rings is 1. The SMILES string of the molecule is O=C1C2CCCC1CC(C(=O)N(Cc1ccc3c(c1)OCO3)C1CCCC1)C2. The van der Waals surface area contributed by atoms with Crippen LogP contribution >= 0.6 is 0 Å². The van der Waals surface area contributed by atoms with Gasteiger partial charge >= 0.3 is 0 Å². The molecular weight excluding hydrogens is 354 g/mol. The van der Waals surface area contributed by atoms with Crippen LogP contribution < -0.4 is 9.47 Å². The van der Waals surface area contributed by atoms with E-state index in [9.17, 15) is 9.59 Å². The van der Waals surface area contributed by atoms with E-state index in [0.29, 0.717) is 18.4 Å². The van der Waals surface area contributed by atoms with E-state index in [0.717, 1.165) is 62.0 Å². The predicted molar refractivity (Wildman–Crippen MR) is 104 cm³/mol.